The summed E-state index contributed by atoms with van der Waals surface area (Å²) in [6.07, 6.45) is 3.52. The van der Waals surface area contributed by atoms with E-state index in [1.807, 2.05) is 0 Å². The topological polar surface area (TPSA) is 20.2 Å². The number of aliphatic hydroxyl groups excluding tert-OH is 1. The SMILES string of the molecule is CC(C)(C)c1cccc(C2(CO)CCC2)c1. The van der Waals surface area contributed by atoms with Crippen LogP contribution in [0, 0.1) is 0 Å². The monoisotopic (exact) mass is 218 g/mol. The average molecular weight is 218 g/mol. The molecular weight excluding hydrogens is 196 g/mol. The maximum atomic E-state index is 9.58. The van der Waals surface area contributed by atoms with Crippen molar-refractivity contribution in [2.45, 2.75) is 50.9 Å². The van der Waals surface area contributed by atoms with Crippen LogP contribution < -0.4 is 0 Å². The van der Waals surface area contributed by atoms with Gasteiger partial charge in [-0.25, -0.2) is 0 Å². The summed E-state index contributed by atoms with van der Waals surface area (Å²) in [5.41, 5.74) is 2.95. The molecule has 16 heavy (non-hydrogen) atoms. The predicted molar refractivity (Wildman–Crippen MR) is 67.8 cm³/mol. The number of aliphatic hydroxyl groups is 1. The van der Waals surface area contributed by atoms with Crippen LogP contribution in [0.1, 0.15) is 51.2 Å². The molecule has 0 heterocycles. The zero-order chi connectivity index (χ0) is 11.8. The number of hydrogen-bond acceptors (Lipinski definition) is 1. The van der Waals surface area contributed by atoms with E-state index in [1.165, 1.54) is 17.5 Å². The Labute approximate surface area is 98.5 Å². The van der Waals surface area contributed by atoms with E-state index in [1.54, 1.807) is 0 Å². The molecule has 1 aliphatic rings. The van der Waals surface area contributed by atoms with Gasteiger partial charge in [0.2, 0.25) is 0 Å². The molecule has 1 nitrogen and oxygen atoms in total. The van der Waals surface area contributed by atoms with E-state index < -0.39 is 0 Å². The van der Waals surface area contributed by atoms with Gasteiger partial charge in [-0.15, -0.1) is 0 Å². The van der Waals surface area contributed by atoms with Crippen molar-refractivity contribution in [2.75, 3.05) is 6.61 Å². The Hall–Kier alpha value is -0.820. The van der Waals surface area contributed by atoms with E-state index in [-0.39, 0.29) is 10.8 Å². The smallest absolute Gasteiger partial charge is 0.0527 e. The summed E-state index contributed by atoms with van der Waals surface area (Å²) >= 11 is 0. The predicted octanol–water partition coefficient (Wildman–Crippen LogP) is 3.40. The minimum atomic E-state index is 0.0707. The molecule has 1 saturated carbocycles. The van der Waals surface area contributed by atoms with Gasteiger partial charge in [0.1, 0.15) is 0 Å². The molecule has 0 unspecified atom stereocenters. The van der Waals surface area contributed by atoms with Crippen LogP contribution in [0.25, 0.3) is 0 Å². The largest absolute Gasteiger partial charge is 0.395 e. The van der Waals surface area contributed by atoms with Crippen molar-refractivity contribution in [3.63, 3.8) is 0 Å². The second-order valence-corrected chi connectivity index (χ2v) is 6.12. The Kier molecular flexibility index (Phi) is 2.83. The highest BCUT2D eigenvalue weighted by atomic mass is 16.3. The molecule has 0 spiro atoms. The van der Waals surface area contributed by atoms with Gasteiger partial charge in [0.05, 0.1) is 6.61 Å². The van der Waals surface area contributed by atoms with Crippen molar-refractivity contribution in [3.8, 4) is 0 Å². The van der Waals surface area contributed by atoms with Crippen molar-refractivity contribution in [2.24, 2.45) is 0 Å². The fourth-order valence-electron chi connectivity index (χ4n) is 2.46. The molecule has 2 rings (SSSR count). The second kappa shape index (κ2) is 3.89. The summed E-state index contributed by atoms with van der Waals surface area (Å²) in [6, 6.07) is 8.78. The maximum absolute atomic E-state index is 9.58. The lowest BCUT2D eigenvalue weighted by Gasteiger charge is -2.41. The number of hydrogen-bond donors (Lipinski definition) is 1. The zero-order valence-electron chi connectivity index (χ0n) is 10.6. The lowest BCUT2D eigenvalue weighted by atomic mass is 9.64. The van der Waals surface area contributed by atoms with Crippen molar-refractivity contribution in [1.82, 2.24) is 0 Å². The van der Waals surface area contributed by atoms with Crippen LogP contribution in [-0.4, -0.2) is 11.7 Å². The normalized spacial score (nSPS) is 19.2. The lowest BCUT2D eigenvalue weighted by Crippen LogP contribution is -2.38. The Balaban J connectivity index is 2.36. The van der Waals surface area contributed by atoms with Crippen LogP contribution in [0.15, 0.2) is 24.3 Å². The highest BCUT2D eigenvalue weighted by Crippen LogP contribution is 2.44. The number of benzene rings is 1. The van der Waals surface area contributed by atoms with Crippen LogP contribution in [0.4, 0.5) is 0 Å². The third kappa shape index (κ3) is 1.89. The Morgan fingerprint density at radius 1 is 1.25 bits per heavy atom. The number of rotatable bonds is 2. The second-order valence-electron chi connectivity index (χ2n) is 6.12. The molecule has 0 bridgehead atoms. The van der Waals surface area contributed by atoms with Gasteiger partial charge in [0, 0.05) is 5.41 Å². The van der Waals surface area contributed by atoms with Crippen LogP contribution in [0.3, 0.4) is 0 Å². The Morgan fingerprint density at radius 2 is 1.94 bits per heavy atom. The van der Waals surface area contributed by atoms with E-state index in [0.29, 0.717) is 6.61 Å². The maximum Gasteiger partial charge on any atom is 0.0527 e. The molecule has 0 aromatic heterocycles. The minimum absolute atomic E-state index is 0.0707. The molecule has 0 aliphatic heterocycles. The van der Waals surface area contributed by atoms with Gasteiger partial charge in [-0.1, -0.05) is 51.5 Å². The van der Waals surface area contributed by atoms with E-state index >= 15 is 0 Å². The molecule has 1 aromatic rings. The van der Waals surface area contributed by atoms with Gasteiger partial charge in [-0.05, 0) is 29.4 Å². The third-order valence-electron chi connectivity index (χ3n) is 3.95. The van der Waals surface area contributed by atoms with E-state index in [0.717, 1.165) is 12.8 Å². The van der Waals surface area contributed by atoms with Gasteiger partial charge >= 0.3 is 0 Å². The molecule has 1 aromatic carbocycles. The first-order valence-electron chi connectivity index (χ1n) is 6.20. The molecule has 0 radical (unpaired) electrons. The summed E-state index contributed by atoms with van der Waals surface area (Å²) in [6.45, 7) is 7.00. The Morgan fingerprint density at radius 3 is 2.38 bits per heavy atom. The summed E-state index contributed by atoms with van der Waals surface area (Å²) in [7, 11) is 0. The molecule has 1 aliphatic carbocycles. The minimum Gasteiger partial charge on any atom is -0.395 e. The third-order valence-corrected chi connectivity index (χ3v) is 3.95. The van der Waals surface area contributed by atoms with Gasteiger partial charge in [-0.2, -0.15) is 0 Å². The molecule has 0 amide bonds. The van der Waals surface area contributed by atoms with Gasteiger partial charge in [0.15, 0.2) is 0 Å². The quantitative estimate of drug-likeness (QED) is 0.806. The molecule has 0 saturated heterocycles. The standard InChI is InChI=1S/C15H22O/c1-14(2,3)12-6-4-7-13(10-12)15(11-16)8-5-9-15/h4,6-7,10,16H,5,8-9,11H2,1-3H3. The molecule has 1 heteroatoms. The first-order valence-corrected chi connectivity index (χ1v) is 6.20. The zero-order valence-corrected chi connectivity index (χ0v) is 10.6. The van der Waals surface area contributed by atoms with Crippen molar-refractivity contribution in [1.29, 1.82) is 0 Å². The van der Waals surface area contributed by atoms with Gasteiger partial charge < -0.3 is 5.11 Å². The first kappa shape index (κ1) is 11.7. The average Bonchev–Trinajstić information content (AvgIpc) is 2.16. The summed E-state index contributed by atoms with van der Waals surface area (Å²) in [4.78, 5) is 0. The van der Waals surface area contributed by atoms with Crippen LogP contribution >= 0.6 is 0 Å². The fraction of sp³-hybridized carbons (Fsp3) is 0.600. The highest BCUT2D eigenvalue weighted by Gasteiger charge is 2.38. The van der Waals surface area contributed by atoms with Crippen LogP contribution in [0.5, 0.6) is 0 Å². The van der Waals surface area contributed by atoms with Gasteiger partial charge in [-0.3, -0.25) is 0 Å². The molecule has 1 fully saturated rings. The molecule has 88 valence electrons. The van der Waals surface area contributed by atoms with Crippen LogP contribution in [-0.2, 0) is 10.8 Å². The lowest BCUT2D eigenvalue weighted by molar-refractivity contribution is 0.120. The fourth-order valence-corrected chi connectivity index (χ4v) is 2.46. The van der Waals surface area contributed by atoms with Crippen molar-refractivity contribution < 1.29 is 5.11 Å². The summed E-state index contributed by atoms with van der Waals surface area (Å²) < 4.78 is 0. The van der Waals surface area contributed by atoms with Crippen molar-refractivity contribution >= 4 is 0 Å². The van der Waals surface area contributed by atoms with E-state index in [9.17, 15) is 5.11 Å². The summed E-state index contributed by atoms with van der Waals surface area (Å²) in [5, 5.41) is 9.58. The Bertz CT molecular complexity index is 364. The molecule has 1 N–H and O–H groups in total. The van der Waals surface area contributed by atoms with Crippen LogP contribution in [0.2, 0.25) is 0 Å². The van der Waals surface area contributed by atoms with E-state index in [4.69, 9.17) is 0 Å². The van der Waals surface area contributed by atoms with Crippen molar-refractivity contribution in [3.05, 3.63) is 35.4 Å². The molecular formula is C15H22O. The highest BCUT2D eigenvalue weighted by molar-refractivity contribution is 5.35. The first-order chi connectivity index (χ1) is 7.48. The molecule has 0 atom stereocenters. The summed E-state index contributed by atoms with van der Waals surface area (Å²) in [5.74, 6) is 0. The van der Waals surface area contributed by atoms with E-state index in [2.05, 4.69) is 45.0 Å². The van der Waals surface area contributed by atoms with Gasteiger partial charge in [0.25, 0.3) is 0 Å².